The maximum atomic E-state index is 9.88. The summed E-state index contributed by atoms with van der Waals surface area (Å²) in [5.41, 5.74) is 2.09. The summed E-state index contributed by atoms with van der Waals surface area (Å²) in [7, 11) is 0. The van der Waals surface area contributed by atoms with Crippen LogP contribution >= 0.6 is 0 Å². The molecule has 0 radical (unpaired) electrons. The molecule has 1 heteroatoms. The van der Waals surface area contributed by atoms with Crippen LogP contribution in [-0.2, 0) is 0 Å². The highest BCUT2D eigenvalue weighted by molar-refractivity contribution is 5.17. The highest BCUT2D eigenvalue weighted by Gasteiger charge is 2.15. The second-order valence-electron chi connectivity index (χ2n) is 5.18. The monoisotopic (exact) mass is 220 g/mol. The highest BCUT2D eigenvalue weighted by Crippen LogP contribution is 2.25. The first-order valence-corrected chi connectivity index (χ1v) is 6.22. The van der Waals surface area contributed by atoms with Gasteiger partial charge in [-0.2, -0.15) is 0 Å². The molecule has 0 saturated heterocycles. The fraction of sp³-hybridized carbons (Fsp3) is 0.600. The third kappa shape index (κ3) is 3.97. The first kappa shape index (κ1) is 13.2. The third-order valence-corrected chi connectivity index (χ3v) is 3.44. The highest BCUT2D eigenvalue weighted by atomic mass is 16.3. The van der Waals surface area contributed by atoms with Crippen LogP contribution in [0.4, 0.5) is 0 Å². The molecule has 1 rings (SSSR count). The van der Waals surface area contributed by atoms with E-state index >= 15 is 0 Å². The standard InChI is InChI=1S/C15H24O/c1-11(2)14-8-5-12(3)6-10-15(16)13(4)7-9-14/h5,8,11,14-16H,3-4,6-7,9-10H2,1-2H3/b8-5-/t14-,15-/m1/s1. The van der Waals surface area contributed by atoms with Crippen molar-refractivity contribution in [2.24, 2.45) is 11.8 Å². The lowest BCUT2D eigenvalue weighted by Gasteiger charge is -2.21. The van der Waals surface area contributed by atoms with Crippen molar-refractivity contribution in [3.8, 4) is 0 Å². The molecule has 1 aliphatic rings. The van der Waals surface area contributed by atoms with Crippen molar-refractivity contribution in [1.29, 1.82) is 0 Å². The maximum Gasteiger partial charge on any atom is 0.0750 e. The first-order chi connectivity index (χ1) is 7.50. The first-order valence-electron chi connectivity index (χ1n) is 6.22. The van der Waals surface area contributed by atoms with Gasteiger partial charge >= 0.3 is 0 Å². The molecular formula is C15H24O. The Kier molecular flexibility index (Phi) is 5.01. The van der Waals surface area contributed by atoms with Crippen molar-refractivity contribution in [3.63, 3.8) is 0 Å². The van der Waals surface area contributed by atoms with Gasteiger partial charge in [0, 0.05) is 0 Å². The van der Waals surface area contributed by atoms with E-state index in [4.69, 9.17) is 0 Å². The lowest BCUT2D eigenvalue weighted by atomic mass is 9.86. The molecule has 0 fully saturated rings. The molecule has 0 heterocycles. The van der Waals surface area contributed by atoms with Gasteiger partial charge in [-0.1, -0.05) is 44.7 Å². The van der Waals surface area contributed by atoms with E-state index in [0.29, 0.717) is 11.8 Å². The van der Waals surface area contributed by atoms with Crippen LogP contribution in [0.25, 0.3) is 0 Å². The Balaban J connectivity index is 2.75. The van der Waals surface area contributed by atoms with Crippen LogP contribution in [0.5, 0.6) is 0 Å². The fourth-order valence-electron chi connectivity index (χ4n) is 2.04. The van der Waals surface area contributed by atoms with E-state index in [-0.39, 0.29) is 6.10 Å². The topological polar surface area (TPSA) is 20.2 Å². The Hall–Kier alpha value is -0.820. The molecule has 0 saturated carbocycles. The summed E-state index contributed by atoms with van der Waals surface area (Å²) in [4.78, 5) is 0. The number of aliphatic hydroxyl groups is 1. The van der Waals surface area contributed by atoms with Crippen LogP contribution in [-0.4, -0.2) is 11.2 Å². The summed E-state index contributed by atoms with van der Waals surface area (Å²) in [5, 5.41) is 9.88. The summed E-state index contributed by atoms with van der Waals surface area (Å²) in [6, 6.07) is 0. The van der Waals surface area contributed by atoms with Crippen molar-refractivity contribution < 1.29 is 5.11 Å². The SMILES string of the molecule is C=C1/C=C\[C@@H](C(C)C)CCC(=C)[C@H](O)CC1. The van der Waals surface area contributed by atoms with E-state index in [1.807, 2.05) is 0 Å². The Morgan fingerprint density at radius 2 is 1.94 bits per heavy atom. The van der Waals surface area contributed by atoms with Gasteiger partial charge in [0.25, 0.3) is 0 Å². The van der Waals surface area contributed by atoms with Gasteiger partial charge in [0.15, 0.2) is 0 Å². The minimum Gasteiger partial charge on any atom is -0.389 e. The Morgan fingerprint density at radius 3 is 2.56 bits per heavy atom. The Labute approximate surface area is 99.6 Å². The van der Waals surface area contributed by atoms with E-state index in [0.717, 1.165) is 36.8 Å². The minimum atomic E-state index is -0.351. The van der Waals surface area contributed by atoms with Crippen LogP contribution < -0.4 is 0 Å². The zero-order valence-electron chi connectivity index (χ0n) is 10.6. The third-order valence-electron chi connectivity index (χ3n) is 3.44. The van der Waals surface area contributed by atoms with E-state index in [9.17, 15) is 5.11 Å². The summed E-state index contributed by atoms with van der Waals surface area (Å²) >= 11 is 0. The van der Waals surface area contributed by atoms with Crippen LogP contribution in [0.2, 0.25) is 0 Å². The average Bonchev–Trinajstić information content (AvgIpc) is 2.23. The molecular weight excluding hydrogens is 196 g/mol. The molecule has 0 bridgehead atoms. The zero-order chi connectivity index (χ0) is 12.1. The molecule has 16 heavy (non-hydrogen) atoms. The van der Waals surface area contributed by atoms with Crippen molar-refractivity contribution in [2.45, 2.75) is 45.6 Å². The molecule has 1 aliphatic carbocycles. The van der Waals surface area contributed by atoms with Gasteiger partial charge in [0.05, 0.1) is 6.10 Å². The fourth-order valence-corrected chi connectivity index (χ4v) is 2.04. The van der Waals surface area contributed by atoms with Crippen LogP contribution in [0, 0.1) is 11.8 Å². The Morgan fingerprint density at radius 1 is 1.25 bits per heavy atom. The van der Waals surface area contributed by atoms with Gasteiger partial charge in [-0.15, -0.1) is 0 Å². The van der Waals surface area contributed by atoms with Gasteiger partial charge in [0.2, 0.25) is 0 Å². The second kappa shape index (κ2) is 6.05. The summed E-state index contributed by atoms with van der Waals surface area (Å²) in [5.74, 6) is 1.20. The number of aliphatic hydroxyl groups excluding tert-OH is 1. The van der Waals surface area contributed by atoms with Crippen LogP contribution in [0.15, 0.2) is 36.5 Å². The molecule has 0 aromatic carbocycles. The van der Waals surface area contributed by atoms with Crippen molar-refractivity contribution in [2.75, 3.05) is 0 Å². The summed E-state index contributed by atoms with van der Waals surface area (Å²) in [6.45, 7) is 12.5. The molecule has 1 N–H and O–H groups in total. The number of hydrogen-bond donors (Lipinski definition) is 1. The summed E-state index contributed by atoms with van der Waals surface area (Å²) < 4.78 is 0. The molecule has 0 aromatic rings. The number of rotatable bonds is 1. The van der Waals surface area contributed by atoms with Crippen LogP contribution in [0.1, 0.15) is 39.5 Å². The smallest absolute Gasteiger partial charge is 0.0750 e. The van der Waals surface area contributed by atoms with Crippen molar-refractivity contribution in [1.82, 2.24) is 0 Å². The van der Waals surface area contributed by atoms with E-state index < -0.39 is 0 Å². The molecule has 2 atom stereocenters. The van der Waals surface area contributed by atoms with E-state index in [2.05, 4.69) is 39.2 Å². The molecule has 90 valence electrons. The molecule has 0 aliphatic heterocycles. The van der Waals surface area contributed by atoms with Gasteiger partial charge in [-0.05, 0) is 43.1 Å². The quantitative estimate of drug-likeness (QED) is 0.665. The number of hydrogen-bond acceptors (Lipinski definition) is 1. The second-order valence-corrected chi connectivity index (χ2v) is 5.18. The lowest BCUT2D eigenvalue weighted by molar-refractivity contribution is 0.195. The van der Waals surface area contributed by atoms with E-state index in [1.165, 1.54) is 0 Å². The largest absolute Gasteiger partial charge is 0.389 e. The predicted molar refractivity (Wildman–Crippen MR) is 70.2 cm³/mol. The van der Waals surface area contributed by atoms with Gasteiger partial charge in [-0.3, -0.25) is 0 Å². The average molecular weight is 220 g/mol. The molecule has 1 nitrogen and oxygen atoms in total. The lowest BCUT2D eigenvalue weighted by Crippen LogP contribution is -2.13. The van der Waals surface area contributed by atoms with Gasteiger partial charge < -0.3 is 5.11 Å². The Bertz CT molecular complexity index is 286. The minimum absolute atomic E-state index is 0.351. The number of allylic oxidation sites excluding steroid dienone is 3. The van der Waals surface area contributed by atoms with Gasteiger partial charge in [0.1, 0.15) is 0 Å². The van der Waals surface area contributed by atoms with Crippen LogP contribution in [0.3, 0.4) is 0 Å². The maximum absolute atomic E-state index is 9.88. The molecule has 0 unspecified atom stereocenters. The summed E-state index contributed by atoms with van der Waals surface area (Å²) in [6.07, 6.45) is 7.69. The van der Waals surface area contributed by atoms with Crippen molar-refractivity contribution in [3.05, 3.63) is 36.5 Å². The van der Waals surface area contributed by atoms with Gasteiger partial charge in [-0.25, -0.2) is 0 Å². The molecule has 0 aromatic heterocycles. The zero-order valence-corrected chi connectivity index (χ0v) is 10.6. The molecule has 0 amide bonds. The normalized spacial score (nSPS) is 30.5. The predicted octanol–water partition coefficient (Wildman–Crippen LogP) is 3.86. The van der Waals surface area contributed by atoms with E-state index in [1.54, 1.807) is 0 Å². The molecule has 0 spiro atoms. The van der Waals surface area contributed by atoms with Crippen molar-refractivity contribution >= 4 is 0 Å².